The van der Waals surface area contributed by atoms with E-state index in [1.54, 1.807) is 6.07 Å². The number of piperidine rings is 1. The number of nitrogens with zero attached hydrogens (tertiary/aromatic N) is 5. The first-order chi connectivity index (χ1) is 13.2. The van der Waals surface area contributed by atoms with Gasteiger partial charge in [-0.2, -0.15) is 9.36 Å². The number of amides is 1. The van der Waals surface area contributed by atoms with Gasteiger partial charge in [0.1, 0.15) is 11.5 Å². The van der Waals surface area contributed by atoms with Gasteiger partial charge in [0.2, 0.25) is 5.91 Å². The van der Waals surface area contributed by atoms with Gasteiger partial charge in [0, 0.05) is 13.1 Å². The molecule has 4 rings (SSSR count). The lowest BCUT2D eigenvalue weighted by Gasteiger charge is -2.32. The molecule has 140 valence electrons. The Kier molecular flexibility index (Phi) is 5.15. The van der Waals surface area contributed by atoms with Crippen molar-refractivity contribution in [2.45, 2.75) is 25.8 Å². The van der Waals surface area contributed by atoms with Crippen LogP contribution in [0, 0.1) is 5.92 Å². The summed E-state index contributed by atoms with van der Waals surface area (Å²) in [6.45, 7) is 1.39. The summed E-state index contributed by atoms with van der Waals surface area (Å²) in [6.07, 6.45) is 3.02. The average Bonchev–Trinajstić information content (AvgIpc) is 3.34. The molecule has 0 N–H and O–H groups in total. The van der Waals surface area contributed by atoms with Crippen molar-refractivity contribution in [2.75, 3.05) is 13.1 Å². The summed E-state index contributed by atoms with van der Waals surface area (Å²) in [4.78, 5) is 26.8. The van der Waals surface area contributed by atoms with E-state index in [1.165, 1.54) is 21.6 Å². The molecule has 1 aliphatic heterocycles. The zero-order valence-corrected chi connectivity index (χ0v) is 15.7. The van der Waals surface area contributed by atoms with Crippen molar-refractivity contribution in [2.24, 2.45) is 5.92 Å². The van der Waals surface area contributed by atoms with Crippen molar-refractivity contribution in [1.82, 2.24) is 24.7 Å². The summed E-state index contributed by atoms with van der Waals surface area (Å²) in [5.74, 6) is 0.521. The van der Waals surface area contributed by atoms with Crippen molar-refractivity contribution in [1.29, 1.82) is 0 Å². The Hall–Kier alpha value is -2.74. The lowest BCUT2D eigenvalue weighted by atomic mass is 9.90. The highest BCUT2D eigenvalue weighted by Crippen LogP contribution is 2.21. The summed E-state index contributed by atoms with van der Waals surface area (Å²) < 4.78 is 2.36. The van der Waals surface area contributed by atoms with Gasteiger partial charge >= 0.3 is 5.69 Å². The van der Waals surface area contributed by atoms with Crippen LogP contribution < -0.4 is 5.69 Å². The highest BCUT2D eigenvalue weighted by Gasteiger charge is 2.24. The molecule has 1 aliphatic rings. The highest BCUT2D eigenvalue weighted by atomic mass is 32.1. The molecule has 8 heteroatoms. The third kappa shape index (κ3) is 4.00. The van der Waals surface area contributed by atoms with Crippen molar-refractivity contribution < 1.29 is 4.79 Å². The summed E-state index contributed by atoms with van der Waals surface area (Å²) in [5, 5.41) is 10.3. The Labute approximate surface area is 160 Å². The molecule has 0 bridgehead atoms. The number of carbonyl (C=O) groups is 1. The summed E-state index contributed by atoms with van der Waals surface area (Å²) in [6, 6.07) is 14.1. The van der Waals surface area contributed by atoms with Crippen LogP contribution in [0.15, 0.2) is 52.6 Å². The monoisotopic (exact) mass is 383 g/mol. The van der Waals surface area contributed by atoms with Gasteiger partial charge in [-0.3, -0.25) is 4.79 Å². The molecule has 0 saturated carbocycles. The van der Waals surface area contributed by atoms with E-state index in [2.05, 4.69) is 34.7 Å². The standard InChI is InChI=1S/C19H21N5O2S/c25-17(14-23-19(26)24(21-20-23)18-7-4-12-27-18)22-10-8-16(9-11-22)13-15-5-2-1-3-6-15/h1-7,12,16H,8-11,13-14H2. The zero-order chi connectivity index (χ0) is 18.6. The van der Waals surface area contributed by atoms with Gasteiger partial charge in [-0.05, 0) is 58.7 Å². The van der Waals surface area contributed by atoms with E-state index >= 15 is 0 Å². The van der Waals surface area contributed by atoms with E-state index in [9.17, 15) is 9.59 Å². The number of aromatic nitrogens is 4. The van der Waals surface area contributed by atoms with Gasteiger partial charge < -0.3 is 4.90 Å². The molecule has 0 atom stereocenters. The fraction of sp³-hybridized carbons (Fsp3) is 0.368. The maximum Gasteiger partial charge on any atom is 0.369 e. The smallest absolute Gasteiger partial charge is 0.341 e. The molecular weight excluding hydrogens is 362 g/mol. The lowest BCUT2D eigenvalue weighted by molar-refractivity contribution is -0.133. The van der Waals surface area contributed by atoms with Crippen LogP contribution in [-0.4, -0.2) is 43.7 Å². The maximum absolute atomic E-state index is 12.6. The number of hydrogen-bond acceptors (Lipinski definition) is 5. The second-order valence-corrected chi connectivity index (χ2v) is 7.72. The van der Waals surface area contributed by atoms with E-state index in [4.69, 9.17) is 0 Å². The Morgan fingerprint density at radius 2 is 1.85 bits per heavy atom. The first-order valence-electron chi connectivity index (χ1n) is 9.09. The quantitative estimate of drug-likeness (QED) is 0.675. The lowest BCUT2D eigenvalue weighted by Crippen LogP contribution is -2.42. The molecule has 3 aromatic rings. The molecule has 1 fully saturated rings. The molecule has 27 heavy (non-hydrogen) atoms. The van der Waals surface area contributed by atoms with Crippen molar-refractivity contribution in [3.63, 3.8) is 0 Å². The number of likely N-dealkylation sites (tertiary alicyclic amines) is 1. The van der Waals surface area contributed by atoms with Crippen LogP contribution in [0.4, 0.5) is 0 Å². The minimum Gasteiger partial charge on any atom is -0.341 e. The third-order valence-corrected chi connectivity index (χ3v) is 5.82. The highest BCUT2D eigenvalue weighted by molar-refractivity contribution is 7.12. The number of thiophene rings is 1. The predicted octanol–water partition coefficient (Wildman–Crippen LogP) is 1.97. The zero-order valence-electron chi connectivity index (χ0n) is 14.9. The van der Waals surface area contributed by atoms with Crippen molar-refractivity contribution in [3.05, 3.63) is 63.9 Å². The second-order valence-electron chi connectivity index (χ2n) is 6.80. The first kappa shape index (κ1) is 17.7. The average molecular weight is 383 g/mol. The molecule has 2 aromatic heterocycles. The van der Waals surface area contributed by atoms with Crippen LogP contribution >= 0.6 is 11.3 Å². The number of tetrazole rings is 1. The Bertz CT molecular complexity index is 940. The minimum atomic E-state index is -0.384. The molecule has 3 heterocycles. The Morgan fingerprint density at radius 3 is 2.56 bits per heavy atom. The van der Waals surface area contributed by atoms with E-state index < -0.39 is 0 Å². The Balaban J connectivity index is 1.33. The van der Waals surface area contributed by atoms with Crippen molar-refractivity contribution >= 4 is 17.2 Å². The number of benzene rings is 1. The van der Waals surface area contributed by atoms with Crippen LogP contribution in [-0.2, 0) is 17.8 Å². The fourth-order valence-corrected chi connectivity index (χ4v) is 4.13. The molecule has 1 aromatic carbocycles. The molecule has 1 saturated heterocycles. The van der Waals surface area contributed by atoms with Crippen LogP contribution in [0.2, 0.25) is 0 Å². The number of rotatable bonds is 5. The van der Waals surface area contributed by atoms with E-state index in [0.29, 0.717) is 10.9 Å². The fourth-order valence-electron chi connectivity index (χ4n) is 3.46. The van der Waals surface area contributed by atoms with E-state index in [-0.39, 0.29) is 18.1 Å². The van der Waals surface area contributed by atoms with Crippen LogP contribution in [0.25, 0.3) is 5.00 Å². The van der Waals surface area contributed by atoms with Crippen LogP contribution in [0.3, 0.4) is 0 Å². The van der Waals surface area contributed by atoms with Crippen LogP contribution in [0.1, 0.15) is 18.4 Å². The topological polar surface area (TPSA) is 73.0 Å². The normalized spacial score (nSPS) is 15.2. The van der Waals surface area contributed by atoms with E-state index in [1.807, 2.05) is 22.4 Å². The van der Waals surface area contributed by atoms with Gasteiger partial charge in [-0.25, -0.2) is 4.79 Å². The van der Waals surface area contributed by atoms with Crippen LogP contribution in [0.5, 0.6) is 0 Å². The second kappa shape index (κ2) is 7.87. The number of hydrogen-bond donors (Lipinski definition) is 0. The van der Waals surface area contributed by atoms with Gasteiger partial charge in [0.15, 0.2) is 0 Å². The molecule has 0 radical (unpaired) electrons. The maximum atomic E-state index is 12.6. The number of carbonyl (C=O) groups excluding carboxylic acids is 1. The molecule has 1 amide bonds. The minimum absolute atomic E-state index is 0.0619. The molecule has 0 spiro atoms. The third-order valence-electron chi connectivity index (χ3n) is 4.97. The van der Waals surface area contributed by atoms with Gasteiger partial charge in [0.25, 0.3) is 0 Å². The summed E-state index contributed by atoms with van der Waals surface area (Å²) in [5.41, 5.74) is 0.962. The van der Waals surface area contributed by atoms with E-state index in [0.717, 1.165) is 37.0 Å². The first-order valence-corrected chi connectivity index (χ1v) is 9.97. The Morgan fingerprint density at radius 1 is 1.07 bits per heavy atom. The predicted molar refractivity (Wildman–Crippen MR) is 103 cm³/mol. The molecule has 0 unspecified atom stereocenters. The molecular formula is C19H21N5O2S. The van der Waals surface area contributed by atoms with Gasteiger partial charge in [0.05, 0.1) is 0 Å². The molecule has 0 aliphatic carbocycles. The largest absolute Gasteiger partial charge is 0.369 e. The molecule has 7 nitrogen and oxygen atoms in total. The van der Waals surface area contributed by atoms with Gasteiger partial charge in [-0.1, -0.05) is 30.3 Å². The SMILES string of the molecule is O=C(Cn1nnn(-c2cccs2)c1=O)N1CCC(Cc2ccccc2)CC1. The van der Waals surface area contributed by atoms with Gasteiger partial charge in [-0.15, -0.1) is 11.3 Å². The summed E-state index contributed by atoms with van der Waals surface area (Å²) in [7, 11) is 0. The van der Waals surface area contributed by atoms with Crippen molar-refractivity contribution in [3.8, 4) is 5.00 Å². The summed E-state index contributed by atoms with van der Waals surface area (Å²) >= 11 is 1.40.